The van der Waals surface area contributed by atoms with Crippen LogP contribution in [0.1, 0.15) is 58.3 Å². The molecule has 1 aliphatic carbocycles. The molecule has 1 aromatic rings. The quantitative estimate of drug-likeness (QED) is 0.711. The molecule has 1 spiro atoms. The summed E-state index contributed by atoms with van der Waals surface area (Å²) in [5.74, 6) is 0.596. The van der Waals surface area contributed by atoms with Gasteiger partial charge in [-0.15, -0.1) is 0 Å². The summed E-state index contributed by atoms with van der Waals surface area (Å²) >= 11 is 0. The van der Waals surface area contributed by atoms with Gasteiger partial charge in [0, 0.05) is 23.4 Å². The monoisotopic (exact) mass is 327 g/mol. The first-order valence-electron chi connectivity index (χ1n) is 9.03. The molecule has 0 radical (unpaired) electrons. The van der Waals surface area contributed by atoms with Crippen LogP contribution >= 0.6 is 0 Å². The van der Waals surface area contributed by atoms with E-state index >= 15 is 0 Å². The van der Waals surface area contributed by atoms with E-state index in [0.29, 0.717) is 5.92 Å². The maximum Gasteiger partial charge on any atom is 0.185 e. The SMILES string of the molecule is CC(C)=CCCC1=CCC2(COC(c3cccnc3)OC2)C(C)C1. The number of nitrogens with zero attached hydrogens (tertiary/aromatic N) is 1. The lowest BCUT2D eigenvalue weighted by Gasteiger charge is -2.46. The first kappa shape index (κ1) is 17.4. The molecule has 3 rings (SSSR count). The van der Waals surface area contributed by atoms with Crippen LogP contribution in [0.4, 0.5) is 0 Å². The van der Waals surface area contributed by atoms with Crippen molar-refractivity contribution in [2.24, 2.45) is 11.3 Å². The molecule has 1 aromatic heterocycles. The van der Waals surface area contributed by atoms with Gasteiger partial charge in [-0.2, -0.15) is 0 Å². The molecule has 3 nitrogen and oxygen atoms in total. The second-order valence-corrected chi connectivity index (χ2v) is 7.59. The molecular weight excluding hydrogens is 298 g/mol. The predicted molar refractivity (Wildman–Crippen MR) is 96.5 cm³/mol. The molecule has 2 aliphatic rings. The molecule has 0 bridgehead atoms. The summed E-state index contributed by atoms with van der Waals surface area (Å²) < 4.78 is 12.1. The largest absolute Gasteiger partial charge is 0.348 e. The number of hydrogen-bond acceptors (Lipinski definition) is 3. The van der Waals surface area contributed by atoms with Crippen molar-refractivity contribution in [1.82, 2.24) is 4.98 Å². The Hall–Kier alpha value is -1.45. The Kier molecular flexibility index (Phi) is 5.52. The highest BCUT2D eigenvalue weighted by molar-refractivity contribution is 5.15. The van der Waals surface area contributed by atoms with Crippen molar-refractivity contribution in [3.05, 3.63) is 53.4 Å². The number of rotatable bonds is 4. The minimum atomic E-state index is -0.264. The Labute approximate surface area is 145 Å². The van der Waals surface area contributed by atoms with Gasteiger partial charge < -0.3 is 9.47 Å². The lowest BCUT2D eigenvalue weighted by atomic mass is 9.67. The smallest absolute Gasteiger partial charge is 0.185 e. The summed E-state index contributed by atoms with van der Waals surface area (Å²) in [4.78, 5) is 4.16. The molecule has 0 saturated carbocycles. The zero-order valence-electron chi connectivity index (χ0n) is 15.1. The summed E-state index contributed by atoms with van der Waals surface area (Å²) in [5, 5.41) is 0. The Bertz CT molecular complexity index is 594. The van der Waals surface area contributed by atoms with Crippen molar-refractivity contribution in [3.8, 4) is 0 Å². The average molecular weight is 327 g/mol. The van der Waals surface area contributed by atoms with E-state index < -0.39 is 0 Å². The van der Waals surface area contributed by atoms with E-state index in [1.54, 1.807) is 11.8 Å². The zero-order chi connectivity index (χ0) is 17.0. The maximum absolute atomic E-state index is 6.07. The topological polar surface area (TPSA) is 31.4 Å². The van der Waals surface area contributed by atoms with Gasteiger partial charge in [-0.05, 0) is 51.5 Å². The molecule has 0 N–H and O–H groups in total. The number of aromatic nitrogens is 1. The second kappa shape index (κ2) is 7.62. The summed E-state index contributed by atoms with van der Waals surface area (Å²) in [6.07, 6.45) is 12.7. The van der Waals surface area contributed by atoms with Crippen LogP contribution in [-0.2, 0) is 9.47 Å². The molecule has 130 valence electrons. The third-order valence-electron chi connectivity index (χ3n) is 5.43. The van der Waals surface area contributed by atoms with Crippen molar-refractivity contribution in [2.75, 3.05) is 13.2 Å². The summed E-state index contributed by atoms with van der Waals surface area (Å²) in [6, 6.07) is 3.94. The minimum absolute atomic E-state index is 0.138. The van der Waals surface area contributed by atoms with Crippen LogP contribution in [0.5, 0.6) is 0 Å². The summed E-state index contributed by atoms with van der Waals surface area (Å²) in [7, 11) is 0. The fourth-order valence-corrected chi connectivity index (χ4v) is 3.68. The van der Waals surface area contributed by atoms with Crippen LogP contribution in [0.15, 0.2) is 47.8 Å². The Morgan fingerprint density at radius 1 is 1.33 bits per heavy atom. The Morgan fingerprint density at radius 2 is 2.12 bits per heavy atom. The predicted octanol–water partition coefficient (Wildman–Crippen LogP) is 5.22. The van der Waals surface area contributed by atoms with Gasteiger partial charge in [-0.1, -0.05) is 36.3 Å². The summed E-state index contributed by atoms with van der Waals surface area (Å²) in [5.41, 5.74) is 4.15. The Morgan fingerprint density at radius 3 is 2.75 bits per heavy atom. The van der Waals surface area contributed by atoms with Crippen LogP contribution in [0.3, 0.4) is 0 Å². The third-order valence-corrected chi connectivity index (χ3v) is 5.43. The van der Waals surface area contributed by atoms with Gasteiger partial charge in [0.25, 0.3) is 0 Å². The van der Waals surface area contributed by atoms with Gasteiger partial charge in [0.15, 0.2) is 6.29 Å². The van der Waals surface area contributed by atoms with Gasteiger partial charge in [0.2, 0.25) is 0 Å². The highest BCUT2D eigenvalue weighted by Gasteiger charge is 2.43. The van der Waals surface area contributed by atoms with Crippen molar-refractivity contribution in [3.63, 3.8) is 0 Å². The lowest BCUT2D eigenvalue weighted by Crippen LogP contribution is -2.44. The molecule has 2 heterocycles. The van der Waals surface area contributed by atoms with E-state index in [-0.39, 0.29) is 11.7 Å². The minimum Gasteiger partial charge on any atom is -0.348 e. The van der Waals surface area contributed by atoms with Crippen molar-refractivity contribution in [2.45, 2.75) is 52.7 Å². The van der Waals surface area contributed by atoms with E-state index in [0.717, 1.165) is 31.6 Å². The second-order valence-electron chi connectivity index (χ2n) is 7.59. The van der Waals surface area contributed by atoms with Crippen molar-refractivity contribution < 1.29 is 9.47 Å². The number of hydrogen-bond donors (Lipinski definition) is 0. The van der Waals surface area contributed by atoms with Gasteiger partial charge >= 0.3 is 0 Å². The van der Waals surface area contributed by atoms with Crippen LogP contribution < -0.4 is 0 Å². The normalized spacial score (nSPS) is 30.0. The standard InChI is InChI=1S/C21H29NO2/c1-16(2)6-4-7-18-9-10-21(17(3)12-18)14-23-20(24-15-21)19-8-5-11-22-13-19/h5-6,8-9,11,13,17,20H,4,7,10,12,14-15H2,1-3H3. The number of ether oxygens (including phenoxy) is 2. The van der Waals surface area contributed by atoms with Gasteiger partial charge in [-0.25, -0.2) is 0 Å². The molecule has 1 aliphatic heterocycles. The van der Waals surface area contributed by atoms with E-state index in [1.165, 1.54) is 18.4 Å². The fraction of sp³-hybridized carbons (Fsp3) is 0.571. The van der Waals surface area contributed by atoms with E-state index in [1.807, 2.05) is 18.3 Å². The van der Waals surface area contributed by atoms with Gasteiger partial charge in [0.05, 0.1) is 13.2 Å². The molecule has 1 atom stereocenters. The van der Waals surface area contributed by atoms with Gasteiger partial charge in [0.1, 0.15) is 0 Å². The molecule has 1 fully saturated rings. The van der Waals surface area contributed by atoms with Crippen molar-refractivity contribution in [1.29, 1.82) is 0 Å². The van der Waals surface area contributed by atoms with Crippen LogP contribution in [0, 0.1) is 11.3 Å². The highest BCUT2D eigenvalue weighted by Crippen LogP contribution is 2.46. The van der Waals surface area contributed by atoms with Crippen LogP contribution in [0.25, 0.3) is 0 Å². The molecular formula is C21H29NO2. The van der Waals surface area contributed by atoms with Crippen molar-refractivity contribution >= 4 is 0 Å². The lowest BCUT2D eigenvalue weighted by molar-refractivity contribution is -0.245. The summed E-state index contributed by atoms with van der Waals surface area (Å²) in [6.45, 7) is 8.23. The molecule has 0 aromatic carbocycles. The average Bonchev–Trinajstić information content (AvgIpc) is 2.59. The zero-order valence-corrected chi connectivity index (χ0v) is 15.1. The first-order valence-corrected chi connectivity index (χ1v) is 9.03. The molecule has 1 unspecified atom stereocenters. The van der Waals surface area contributed by atoms with E-state index in [2.05, 4.69) is 37.9 Å². The highest BCUT2D eigenvalue weighted by atomic mass is 16.7. The Balaban J connectivity index is 1.58. The maximum atomic E-state index is 6.07. The van der Waals surface area contributed by atoms with Gasteiger partial charge in [-0.3, -0.25) is 4.98 Å². The number of pyridine rings is 1. The fourth-order valence-electron chi connectivity index (χ4n) is 3.68. The number of allylic oxidation sites excluding steroid dienone is 4. The molecule has 0 amide bonds. The molecule has 1 saturated heterocycles. The van der Waals surface area contributed by atoms with E-state index in [4.69, 9.17) is 9.47 Å². The third kappa shape index (κ3) is 3.96. The molecule has 3 heteroatoms. The molecule has 24 heavy (non-hydrogen) atoms. The van der Waals surface area contributed by atoms with Crippen LogP contribution in [0.2, 0.25) is 0 Å². The first-order chi connectivity index (χ1) is 11.6. The van der Waals surface area contributed by atoms with E-state index in [9.17, 15) is 0 Å². The van der Waals surface area contributed by atoms with Crippen LogP contribution in [-0.4, -0.2) is 18.2 Å².